The molecule has 0 unspecified atom stereocenters. The van der Waals surface area contributed by atoms with Crippen molar-refractivity contribution < 1.29 is 14.3 Å². The Bertz CT molecular complexity index is 746. The van der Waals surface area contributed by atoms with Crippen molar-refractivity contribution in [1.82, 2.24) is 15.3 Å². The van der Waals surface area contributed by atoms with Gasteiger partial charge in [0, 0.05) is 29.7 Å². The summed E-state index contributed by atoms with van der Waals surface area (Å²) in [7, 11) is 3.12. The number of benzene rings is 1. The number of hydrogen-bond donors (Lipinski definition) is 2. The summed E-state index contributed by atoms with van der Waals surface area (Å²) in [4.78, 5) is 19.9. The Hall–Kier alpha value is -2.83. The number of fused-ring (bicyclic) bond motifs is 1. The third-order valence-electron chi connectivity index (χ3n) is 3.68. The number of anilines is 1. The van der Waals surface area contributed by atoms with Crippen LogP contribution in [0.5, 0.6) is 11.5 Å². The van der Waals surface area contributed by atoms with E-state index >= 15 is 0 Å². The number of ether oxygens (including phenoxy) is 2. The van der Waals surface area contributed by atoms with Crippen LogP contribution >= 0.6 is 0 Å². The van der Waals surface area contributed by atoms with E-state index < -0.39 is 0 Å². The van der Waals surface area contributed by atoms with Gasteiger partial charge in [-0.25, -0.2) is 9.97 Å². The molecule has 0 atom stereocenters. The van der Waals surface area contributed by atoms with Crippen LogP contribution in [0.3, 0.4) is 0 Å². The predicted molar refractivity (Wildman–Crippen MR) is 80.0 cm³/mol. The molecule has 1 aliphatic heterocycles. The number of nitrogens with zero attached hydrogens (tertiary/aromatic N) is 2. The molecule has 0 fully saturated rings. The maximum atomic E-state index is 11.7. The van der Waals surface area contributed by atoms with E-state index in [2.05, 4.69) is 15.3 Å². The van der Waals surface area contributed by atoms with Crippen LogP contribution in [0.1, 0.15) is 27.2 Å². The van der Waals surface area contributed by atoms with E-state index in [1.54, 1.807) is 13.2 Å². The normalized spacial score (nSPS) is 12.7. The Balaban J connectivity index is 2.04. The van der Waals surface area contributed by atoms with Crippen LogP contribution in [0.15, 0.2) is 18.5 Å². The van der Waals surface area contributed by atoms with Crippen LogP contribution in [-0.4, -0.2) is 30.1 Å². The lowest BCUT2D eigenvalue weighted by Gasteiger charge is -2.14. The fourth-order valence-corrected chi connectivity index (χ4v) is 2.68. The number of aromatic nitrogens is 2. The van der Waals surface area contributed by atoms with Gasteiger partial charge in [-0.05, 0) is 6.07 Å². The van der Waals surface area contributed by atoms with E-state index in [0.717, 1.165) is 11.1 Å². The summed E-state index contributed by atoms with van der Waals surface area (Å²) in [6, 6.07) is 3.66. The van der Waals surface area contributed by atoms with E-state index in [1.165, 1.54) is 13.4 Å². The molecule has 0 saturated heterocycles. The molecule has 1 aromatic heterocycles. The van der Waals surface area contributed by atoms with Crippen LogP contribution in [0.2, 0.25) is 0 Å². The first kappa shape index (κ1) is 14.1. The number of rotatable bonds is 4. The molecule has 7 nitrogen and oxygen atoms in total. The second kappa shape index (κ2) is 5.51. The Labute approximate surface area is 127 Å². The van der Waals surface area contributed by atoms with Crippen molar-refractivity contribution in [1.29, 1.82) is 0 Å². The number of methoxy groups -OCH3 is 2. The van der Waals surface area contributed by atoms with Gasteiger partial charge in [0.05, 0.1) is 19.9 Å². The van der Waals surface area contributed by atoms with Gasteiger partial charge >= 0.3 is 0 Å². The minimum Gasteiger partial charge on any atom is -0.496 e. The number of amides is 1. The number of carbonyl (C=O) groups is 1. The molecule has 3 N–H and O–H groups in total. The summed E-state index contributed by atoms with van der Waals surface area (Å²) >= 11 is 0. The summed E-state index contributed by atoms with van der Waals surface area (Å²) in [5.41, 5.74) is 8.90. The van der Waals surface area contributed by atoms with Crippen LogP contribution in [0, 0.1) is 0 Å². The molecule has 1 amide bonds. The van der Waals surface area contributed by atoms with Crippen molar-refractivity contribution in [3.8, 4) is 11.5 Å². The average Bonchev–Trinajstić information content (AvgIpc) is 2.89. The molecule has 0 saturated carbocycles. The molecule has 3 rings (SSSR count). The van der Waals surface area contributed by atoms with E-state index in [4.69, 9.17) is 15.2 Å². The van der Waals surface area contributed by atoms with E-state index in [9.17, 15) is 4.79 Å². The molecule has 0 spiro atoms. The minimum atomic E-state index is -0.0799. The molecule has 1 aromatic carbocycles. The molecular weight excluding hydrogens is 284 g/mol. The Morgan fingerprint density at radius 2 is 2.00 bits per heavy atom. The molecule has 2 aromatic rings. The Morgan fingerprint density at radius 1 is 1.23 bits per heavy atom. The first-order valence-corrected chi connectivity index (χ1v) is 6.76. The van der Waals surface area contributed by atoms with Gasteiger partial charge in [-0.1, -0.05) is 6.07 Å². The number of nitrogen functional groups attached to an aromatic ring is 1. The van der Waals surface area contributed by atoms with Crippen molar-refractivity contribution in [2.75, 3.05) is 20.0 Å². The van der Waals surface area contributed by atoms with Gasteiger partial charge < -0.3 is 20.5 Å². The molecule has 0 bridgehead atoms. The maximum absolute atomic E-state index is 11.7. The van der Waals surface area contributed by atoms with Gasteiger partial charge in [0.1, 0.15) is 12.1 Å². The lowest BCUT2D eigenvalue weighted by molar-refractivity contribution is 0.0966. The molecule has 7 heteroatoms. The highest BCUT2D eigenvalue weighted by molar-refractivity contribution is 5.99. The summed E-state index contributed by atoms with van der Waals surface area (Å²) in [6.07, 6.45) is 1.87. The second-order valence-electron chi connectivity index (χ2n) is 4.88. The lowest BCUT2D eigenvalue weighted by atomic mass is 10.0. The van der Waals surface area contributed by atoms with Gasteiger partial charge in [-0.3, -0.25) is 4.79 Å². The van der Waals surface area contributed by atoms with Crippen molar-refractivity contribution in [2.24, 2.45) is 0 Å². The predicted octanol–water partition coefficient (Wildman–Crippen LogP) is 0.910. The summed E-state index contributed by atoms with van der Waals surface area (Å²) in [6.45, 7) is 0.466. The van der Waals surface area contributed by atoms with Gasteiger partial charge in [0.2, 0.25) is 0 Å². The first-order chi connectivity index (χ1) is 10.7. The van der Waals surface area contributed by atoms with E-state index in [-0.39, 0.29) is 5.91 Å². The zero-order valence-corrected chi connectivity index (χ0v) is 12.3. The van der Waals surface area contributed by atoms with Crippen LogP contribution in [0.25, 0.3) is 0 Å². The van der Waals surface area contributed by atoms with Gasteiger partial charge in [-0.2, -0.15) is 0 Å². The second-order valence-corrected chi connectivity index (χ2v) is 4.88. The van der Waals surface area contributed by atoms with Crippen molar-refractivity contribution >= 4 is 11.7 Å². The highest BCUT2D eigenvalue weighted by Crippen LogP contribution is 2.33. The van der Waals surface area contributed by atoms with E-state index in [0.29, 0.717) is 41.5 Å². The molecule has 2 heterocycles. The van der Waals surface area contributed by atoms with Crippen molar-refractivity contribution in [3.63, 3.8) is 0 Å². The van der Waals surface area contributed by atoms with Crippen LogP contribution in [-0.2, 0) is 13.0 Å². The molecule has 0 radical (unpaired) electrons. The third-order valence-corrected chi connectivity index (χ3v) is 3.68. The topological polar surface area (TPSA) is 99.4 Å². The van der Waals surface area contributed by atoms with Crippen LogP contribution in [0.4, 0.5) is 5.82 Å². The number of nitrogens with one attached hydrogen (secondary N) is 1. The van der Waals surface area contributed by atoms with Gasteiger partial charge in [-0.15, -0.1) is 0 Å². The summed E-state index contributed by atoms with van der Waals surface area (Å²) < 4.78 is 10.8. The zero-order chi connectivity index (χ0) is 15.7. The van der Waals surface area contributed by atoms with E-state index in [1.807, 2.05) is 6.07 Å². The molecular formula is C15H16N4O3. The lowest BCUT2D eigenvalue weighted by Crippen LogP contribution is -2.12. The van der Waals surface area contributed by atoms with Crippen LogP contribution < -0.4 is 20.5 Å². The minimum absolute atomic E-state index is 0.0799. The zero-order valence-electron chi connectivity index (χ0n) is 12.3. The highest BCUT2D eigenvalue weighted by atomic mass is 16.5. The summed E-state index contributed by atoms with van der Waals surface area (Å²) in [5, 5.41) is 2.79. The Kier molecular flexibility index (Phi) is 3.54. The average molecular weight is 300 g/mol. The highest BCUT2D eigenvalue weighted by Gasteiger charge is 2.25. The SMILES string of the molecule is COc1c(N)ncnc1Cc1ccc2c(c1OC)CNC2=O. The smallest absolute Gasteiger partial charge is 0.252 e. The molecule has 114 valence electrons. The monoisotopic (exact) mass is 300 g/mol. The fraction of sp³-hybridized carbons (Fsp3) is 0.267. The summed E-state index contributed by atoms with van der Waals surface area (Å²) in [5.74, 6) is 1.36. The quantitative estimate of drug-likeness (QED) is 0.870. The molecule has 0 aliphatic carbocycles. The van der Waals surface area contributed by atoms with Crippen molar-refractivity contribution in [2.45, 2.75) is 13.0 Å². The van der Waals surface area contributed by atoms with Gasteiger partial charge in [0.15, 0.2) is 11.6 Å². The maximum Gasteiger partial charge on any atom is 0.252 e. The fourth-order valence-electron chi connectivity index (χ4n) is 2.68. The Morgan fingerprint density at radius 3 is 2.73 bits per heavy atom. The standard InChI is InChI=1S/C15H16N4O3/c1-21-12-8(3-4-9-10(12)6-17-15(9)20)5-11-13(22-2)14(16)19-7-18-11/h3-4,7H,5-6H2,1-2H3,(H,17,20)(H2,16,18,19). The van der Waals surface area contributed by atoms with Crippen molar-refractivity contribution in [3.05, 3.63) is 40.8 Å². The largest absolute Gasteiger partial charge is 0.496 e. The first-order valence-electron chi connectivity index (χ1n) is 6.76. The van der Waals surface area contributed by atoms with Gasteiger partial charge in [0.25, 0.3) is 5.91 Å². The number of carbonyl (C=O) groups excluding carboxylic acids is 1. The third kappa shape index (κ3) is 2.20. The number of nitrogens with two attached hydrogens (primary N) is 1. The molecule has 22 heavy (non-hydrogen) atoms. The number of hydrogen-bond acceptors (Lipinski definition) is 6. The molecule has 1 aliphatic rings.